The number of carbonyl (C=O) groups is 1. The topological polar surface area (TPSA) is 46.5 Å². The molecule has 1 N–H and O–H groups in total. The van der Waals surface area contributed by atoms with Crippen molar-refractivity contribution < 1.29 is 14.6 Å². The van der Waals surface area contributed by atoms with Crippen molar-refractivity contribution in [3.05, 3.63) is 46.5 Å². The summed E-state index contributed by atoms with van der Waals surface area (Å²) in [5.74, 6) is -1.03. The van der Waals surface area contributed by atoms with Gasteiger partial charge in [-0.15, -0.1) is 0 Å². The normalized spacial score (nSPS) is 9.93. The number of rotatable bonds is 5. The molecule has 1 aromatic rings. The molecule has 1 aromatic carbocycles. The van der Waals surface area contributed by atoms with Crippen LogP contribution < -0.4 is 0 Å². The number of carboxylic acid groups (broad SMARTS) is 1. The van der Waals surface area contributed by atoms with Crippen molar-refractivity contribution in [3.8, 4) is 0 Å². The summed E-state index contributed by atoms with van der Waals surface area (Å²) in [5.41, 5.74) is 1.04. The number of hydrogen-bond donors (Lipinski definition) is 1. The third-order valence-corrected chi connectivity index (χ3v) is 2.57. The van der Waals surface area contributed by atoms with Crippen LogP contribution in [0.5, 0.6) is 0 Å². The lowest BCUT2D eigenvalue weighted by molar-refractivity contribution is -0.133. The van der Waals surface area contributed by atoms with Gasteiger partial charge in [0.1, 0.15) is 0 Å². The van der Waals surface area contributed by atoms with Gasteiger partial charge in [-0.3, -0.25) is 0 Å². The third-order valence-electron chi connectivity index (χ3n) is 1.79. The van der Waals surface area contributed by atoms with Crippen molar-refractivity contribution in [2.24, 2.45) is 0 Å². The lowest BCUT2D eigenvalue weighted by atomic mass is 10.2. The van der Waals surface area contributed by atoms with Gasteiger partial charge in [0.05, 0.1) is 18.8 Å². The van der Waals surface area contributed by atoms with E-state index in [4.69, 9.17) is 9.84 Å². The predicted octanol–water partition coefficient (Wildman–Crippen LogP) is 2.61. The maximum absolute atomic E-state index is 10.4. The molecule has 0 radical (unpaired) electrons. The van der Waals surface area contributed by atoms with Crippen molar-refractivity contribution >= 4 is 21.9 Å². The first-order chi connectivity index (χ1) is 7.11. The Morgan fingerprint density at radius 2 is 2.13 bits per heavy atom. The highest BCUT2D eigenvalue weighted by Crippen LogP contribution is 2.16. The average Bonchev–Trinajstić information content (AvgIpc) is 2.20. The SMILES string of the molecule is C=C(COCc1ccccc1Br)C(=O)O. The second-order valence-corrected chi connectivity index (χ2v) is 3.85. The molecule has 15 heavy (non-hydrogen) atoms. The van der Waals surface area contributed by atoms with E-state index in [1.54, 1.807) is 0 Å². The van der Waals surface area contributed by atoms with E-state index in [1.807, 2.05) is 24.3 Å². The Hall–Kier alpha value is -1.13. The van der Waals surface area contributed by atoms with E-state index in [-0.39, 0.29) is 12.2 Å². The minimum absolute atomic E-state index is 0.0384. The molecule has 0 fully saturated rings. The standard InChI is InChI=1S/C11H11BrO3/c1-8(11(13)14)6-15-7-9-4-2-3-5-10(9)12/h2-5H,1,6-7H2,(H,13,14). The van der Waals surface area contributed by atoms with Crippen molar-refractivity contribution in [1.82, 2.24) is 0 Å². The number of carboxylic acids is 1. The summed E-state index contributed by atoms with van der Waals surface area (Å²) >= 11 is 3.37. The fourth-order valence-corrected chi connectivity index (χ4v) is 1.36. The molecule has 0 aliphatic carbocycles. The summed E-state index contributed by atoms with van der Waals surface area (Å²) in [7, 11) is 0. The Kier molecular flexibility index (Phi) is 4.52. The molecule has 0 saturated carbocycles. The molecule has 0 unspecified atom stereocenters. The summed E-state index contributed by atoms with van der Waals surface area (Å²) in [6.07, 6.45) is 0. The Morgan fingerprint density at radius 3 is 2.73 bits per heavy atom. The summed E-state index contributed by atoms with van der Waals surface area (Å²) in [6.45, 7) is 3.78. The quantitative estimate of drug-likeness (QED) is 0.837. The first kappa shape index (κ1) is 11.9. The number of ether oxygens (including phenoxy) is 1. The molecule has 0 amide bonds. The monoisotopic (exact) mass is 270 g/mol. The molecule has 0 bridgehead atoms. The molecule has 4 heteroatoms. The van der Waals surface area contributed by atoms with Gasteiger partial charge in [0.25, 0.3) is 0 Å². The Morgan fingerprint density at radius 1 is 1.47 bits per heavy atom. The highest BCUT2D eigenvalue weighted by Gasteiger charge is 2.04. The largest absolute Gasteiger partial charge is 0.478 e. The first-order valence-electron chi connectivity index (χ1n) is 4.33. The maximum Gasteiger partial charge on any atom is 0.333 e. The van der Waals surface area contributed by atoms with Gasteiger partial charge in [-0.1, -0.05) is 40.7 Å². The number of halogens is 1. The van der Waals surface area contributed by atoms with Gasteiger partial charge in [-0.25, -0.2) is 4.79 Å². The summed E-state index contributed by atoms with van der Waals surface area (Å²) in [6, 6.07) is 7.62. The van der Waals surface area contributed by atoms with Gasteiger partial charge in [-0.05, 0) is 11.6 Å². The van der Waals surface area contributed by atoms with E-state index in [0.717, 1.165) is 10.0 Å². The van der Waals surface area contributed by atoms with Gasteiger partial charge in [0.15, 0.2) is 0 Å². The van der Waals surface area contributed by atoms with Crippen LogP contribution in [-0.4, -0.2) is 17.7 Å². The summed E-state index contributed by atoms with van der Waals surface area (Å²) in [4.78, 5) is 10.4. The zero-order valence-electron chi connectivity index (χ0n) is 8.07. The average molecular weight is 271 g/mol. The summed E-state index contributed by atoms with van der Waals surface area (Å²) in [5, 5.41) is 8.54. The van der Waals surface area contributed by atoms with Gasteiger partial charge in [0, 0.05) is 4.47 Å². The lowest BCUT2D eigenvalue weighted by Crippen LogP contribution is -2.06. The van der Waals surface area contributed by atoms with E-state index in [1.165, 1.54) is 0 Å². The molecule has 0 aliphatic rings. The Bertz CT molecular complexity index is 374. The van der Waals surface area contributed by atoms with E-state index in [9.17, 15) is 4.79 Å². The number of benzene rings is 1. The summed E-state index contributed by atoms with van der Waals surface area (Å²) < 4.78 is 6.16. The van der Waals surface area contributed by atoms with Crippen molar-refractivity contribution in [1.29, 1.82) is 0 Å². The van der Waals surface area contributed by atoms with E-state index < -0.39 is 5.97 Å². The molecule has 3 nitrogen and oxygen atoms in total. The fourth-order valence-electron chi connectivity index (χ4n) is 0.961. The minimum Gasteiger partial charge on any atom is -0.478 e. The molecule has 0 saturated heterocycles. The predicted molar refractivity (Wildman–Crippen MR) is 60.6 cm³/mol. The minimum atomic E-state index is -1.03. The molecule has 0 aliphatic heterocycles. The highest BCUT2D eigenvalue weighted by atomic mass is 79.9. The Balaban J connectivity index is 2.42. The van der Waals surface area contributed by atoms with Crippen LogP contribution >= 0.6 is 15.9 Å². The van der Waals surface area contributed by atoms with Crippen LogP contribution in [-0.2, 0) is 16.1 Å². The molecule has 0 atom stereocenters. The second kappa shape index (κ2) is 5.68. The van der Waals surface area contributed by atoms with Gasteiger partial charge < -0.3 is 9.84 Å². The van der Waals surface area contributed by atoms with E-state index >= 15 is 0 Å². The number of aliphatic carboxylic acids is 1. The van der Waals surface area contributed by atoms with Crippen molar-refractivity contribution in [3.63, 3.8) is 0 Å². The van der Waals surface area contributed by atoms with Gasteiger partial charge >= 0.3 is 5.97 Å². The van der Waals surface area contributed by atoms with Crippen LogP contribution in [0.4, 0.5) is 0 Å². The molecule has 0 aromatic heterocycles. The molecule has 0 heterocycles. The lowest BCUT2D eigenvalue weighted by Gasteiger charge is -2.05. The van der Waals surface area contributed by atoms with Crippen LogP contribution in [0.3, 0.4) is 0 Å². The third kappa shape index (κ3) is 3.85. The van der Waals surface area contributed by atoms with Crippen LogP contribution in [0.15, 0.2) is 40.9 Å². The van der Waals surface area contributed by atoms with Crippen molar-refractivity contribution in [2.45, 2.75) is 6.61 Å². The van der Waals surface area contributed by atoms with Crippen molar-refractivity contribution in [2.75, 3.05) is 6.61 Å². The van der Waals surface area contributed by atoms with Crippen LogP contribution in [0.1, 0.15) is 5.56 Å². The van der Waals surface area contributed by atoms with Crippen LogP contribution in [0.2, 0.25) is 0 Å². The molecular formula is C11H11BrO3. The van der Waals surface area contributed by atoms with Gasteiger partial charge in [-0.2, -0.15) is 0 Å². The zero-order chi connectivity index (χ0) is 11.3. The maximum atomic E-state index is 10.4. The van der Waals surface area contributed by atoms with Crippen LogP contribution in [0.25, 0.3) is 0 Å². The second-order valence-electron chi connectivity index (χ2n) is 2.99. The van der Waals surface area contributed by atoms with Gasteiger partial charge in [0.2, 0.25) is 0 Å². The molecule has 0 spiro atoms. The zero-order valence-corrected chi connectivity index (χ0v) is 9.66. The smallest absolute Gasteiger partial charge is 0.333 e. The molecular weight excluding hydrogens is 260 g/mol. The van der Waals surface area contributed by atoms with E-state index in [2.05, 4.69) is 22.5 Å². The number of hydrogen-bond acceptors (Lipinski definition) is 2. The first-order valence-corrected chi connectivity index (χ1v) is 5.13. The fraction of sp³-hybridized carbons (Fsp3) is 0.182. The molecule has 1 rings (SSSR count). The van der Waals surface area contributed by atoms with Crippen LogP contribution in [0, 0.1) is 0 Å². The highest BCUT2D eigenvalue weighted by molar-refractivity contribution is 9.10. The Labute approximate surface area is 96.5 Å². The molecule has 80 valence electrons. The van der Waals surface area contributed by atoms with E-state index in [0.29, 0.717) is 6.61 Å².